The summed E-state index contributed by atoms with van der Waals surface area (Å²) in [7, 11) is 0. The SMILES string of the molecule is CC[C@H]1CN(C(=O)NC(C)C)CC[C@H]1CC(=O)[O-]. The molecule has 0 aliphatic carbocycles. The summed E-state index contributed by atoms with van der Waals surface area (Å²) < 4.78 is 0. The van der Waals surface area contributed by atoms with Crippen LogP contribution < -0.4 is 10.4 Å². The van der Waals surface area contributed by atoms with Gasteiger partial charge >= 0.3 is 6.03 Å². The summed E-state index contributed by atoms with van der Waals surface area (Å²) in [5, 5.41) is 13.6. The normalized spacial score (nSPS) is 24.1. The Morgan fingerprint density at radius 3 is 2.56 bits per heavy atom. The van der Waals surface area contributed by atoms with Gasteiger partial charge in [0.1, 0.15) is 0 Å². The molecule has 18 heavy (non-hydrogen) atoms. The highest BCUT2D eigenvalue weighted by atomic mass is 16.4. The Balaban J connectivity index is 2.55. The molecule has 2 atom stereocenters. The summed E-state index contributed by atoms with van der Waals surface area (Å²) in [5.74, 6) is -0.587. The molecule has 1 aliphatic rings. The number of likely N-dealkylation sites (tertiary alicyclic amines) is 1. The number of carbonyl (C=O) groups is 2. The Bertz CT molecular complexity index is 305. The summed E-state index contributed by atoms with van der Waals surface area (Å²) in [6.45, 7) is 7.17. The summed E-state index contributed by atoms with van der Waals surface area (Å²) in [4.78, 5) is 24.4. The number of carboxylic acid groups (broad SMARTS) is 1. The maximum Gasteiger partial charge on any atom is 0.317 e. The second-order valence-corrected chi connectivity index (χ2v) is 5.34. The lowest BCUT2D eigenvalue weighted by atomic mass is 9.82. The van der Waals surface area contributed by atoms with E-state index in [1.54, 1.807) is 4.90 Å². The van der Waals surface area contributed by atoms with E-state index in [4.69, 9.17) is 0 Å². The van der Waals surface area contributed by atoms with E-state index >= 15 is 0 Å². The highest BCUT2D eigenvalue weighted by Gasteiger charge is 2.30. The van der Waals surface area contributed by atoms with Crippen LogP contribution in [0.4, 0.5) is 4.79 Å². The first-order valence-corrected chi connectivity index (χ1v) is 6.69. The van der Waals surface area contributed by atoms with E-state index in [1.807, 2.05) is 20.8 Å². The molecule has 104 valence electrons. The van der Waals surface area contributed by atoms with Crippen molar-refractivity contribution in [1.82, 2.24) is 10.2 Å². The van der Waals surface area contributed by atoms with Crippen LogP contribution in [-0.4, -0.2) is 36.0 Å². The second-order valence-electron chi connectivity index (χ2n) is 5.34. The molecular formula is C13H23N2O3-. The highest BCUT2D eigenvalue weighted by molar-refractivity contribution is 5.74. The molecule has 0 saturated carbocycles. The van der Waals surface area contributed by atoms with Crippen molar-refractivity contribution in [3.05, 3.63) is 0 Å². The molecule has 1 N–H and O–H groups in total. The zero-order valence-corrected chi connectivity index (χ0v) is 11.4. The van der Waals surface area contributed by atoms with E-state index in [0.717, 1.165) is 12.8 Å². The fourth-order valence-electron chi connectivity index (χ4n) is 2.55. The van der Waals surface area contributed by atoms with Crippen LogP contribution in [0.2, 0.25) is 0 Å². The minimum absolute atomic E-state index is 0.0460. The van der Waals surface area contributed by atoms with Gasteiger partial charge in [-0.3, -0.25) is 0 Å². The van der Waals surface area contributed by atoms with E-state index in [1.165, 1.54) is 0 Å². The van der Waals surface area contributed by atoms with Gasteiger partial charge in [0.2, 0.25) is 0 Å². The van der Waals surface area contributed by atoms with E-state index in [2.05, 4.69) is 5.32 Å². The van der Waals surface area contributed by atoms with Crippen LogP contribution in [0.1, 0.15) is 40.0 Å². The Hall–Kier alpha value is -1.26. The second kappa shape index (κ2) is 6.61. The maximum atomic E-state index is 11.9. The number of piperidine rings is 1. The van der Waals surface area contributed by atoms with Gasteiger partial charge in [0.25, 0.3) is 0 Å². The number of carboxylic acids is 1. The molecule has 0 aromatic rings. The fraction of sp³-hybridized carbons (Fsp3) is 0.846. The lowest BCUT2D eigenvalue weighted by Crippen LogP contribution is -2.50. The molecule has 0 spiro atoms. The number of hydrogen-bond donors (Lipinski definition) is 1. The van der Waals surface area contributed by atoms with Crippen LogP contribution in [0.25, 0.3) is 0 Å². The first-order valence-electron chi connectivity index (χ1n) is 6.69. The zero-order chi connectivity index (χ0) is 13.7. The number of nitrogens with zero attached hydrogens (tertiary/aromatic N) is 1. The van der Waals surface area contributed by atoms with Gasteiger partial charge in [0.05, 0.1) is 0 Å². The molecule has 5 nitrogen and oxygen atoms in total. The lowest BCUT2D eigenvalue weighted by Gasteiger charge is -2.38. The average Bonchev–Trinajstić information content (AvgIpc) is 2.27. The van der Waals surface area contributed by atoms with Gasteiger partial charge < -0.3 is 20.1 Å². The van der Waals surface area contributed by atoms with Crippen LogP contribution in [0, 0.1) is 11.8 Å². The molecule has 0 aromatic carbocycles. The van der Waals surface area contributed by atoms with Crippen LogP contribution in [0.3, 0.4) is 0 Å². The van der Waals surface area contributed by atoms with Gasteiger partial charge in [-0.15, -0.1) is 0 Å². The van der Waals surface area contributed by atoms with E-state index in [0.29, 0.717) is 13.1 Å². The number of carbonyl (C=O) groups excluding carboxylic acids is 2. The van der Waals surface area contributed by atoms with Crippen LogP contribution in [-0.2, 0) is 4.79 Å². The molecule has 2 amide bonds. The number of urea groups is 1. The predicted molar refractivity (Wildman–Crippen MR) is 66.8 cm³/mol. The van der Waals surface area contributed by atoms with Crippen molar-refractivity contribution in [2.45, 2.75) is 46.1 Å². The van der Waals surface area contributed by atoms with Crippen LogP contribution >= 0.6 is 0 Å². The number of aliphatic carboxylic acids is 1. The van der Waals surface area contributed by atoms with Gasteiger partial charge in [-0.1, -0.05) is 13.3 Å². The summed E-state index contributed by atoms with van der Waals surface area (Å²) >= 11 is 0. The van der Waals surface area contributed by atoms with Crippen molar-refractivity contribution < 1.29 is 14.7 Å². The number of nitrogens with one attached hydrogen (secondary N) is 1. The average molecular weight is 255 g/mol. The van der Waals surface area contributed by atoms with Crippen molar-refractivity contribution in [2.24, 2.45) is 11.8 Å². The molecule has 0 aromatic heterocycles. The highest BCUT2D eigenvalue weighted by Crippen LogP contribution is 2.28. The maximum absolute atomic E-state index is 11.9. The van der Waals surface area contributed by atoms with Gasteiger partial charge in [-0.2, -0.15) is 0 Å². The quantitative estimate of drug-likeness (QED) is 0.799. The van der Waals surface area contributed by atoms with Crippen molar-refractivity contribution in [2.75, 3.05) is 13.1 Å². The van der Waals surface area contributed by atoms with Crippen LogP contribution in [0.5, 0.6) is 0 Å². The van der Waals surface area contributed by atoms with E-state index in [-0.39, 0.29) is 30.3 Å². The molecular weight excluding hydrogens is 232 g/mol. The monoisotopic (exact) mass is 255 g/mol. The molecule has 0 radical (unpaired) electrons. The fourth-order valence-corrected chi connectivity index (χ4v) is 2.55. The van der Waals surface area contributed by atoms with Crippen LogP contribution in [0.15, 0.2) is 0 Å². The molecule has 1 aliphatic heterocycles. The topological polar surface area (TPSA) is 72.5 Å². The summed E-state index contributed by atoms with van der Waals surface area (Å²) in [6, 6.07) is 0.0777. The molecule has 1 fully saturated rings. The third kappa shape index (κ3) is 4.20. The lowest BCUT2D eigenvalue weighted by molar-refractivity contribution is -0.307. The van der Waals surface area contributed by atoms with Gasteiger partial charge in [0.15, 0.2) is 0 Å². The molecule has 0 bridgehead atoms. The number of hydrogen-bond acceptors (Lipinski definition) is 3. The predicted octanol–water partition coefficient (Wildman–Crippen LogP) is 0.593. The molecule has 0 unspecified atom stereocenters. The Morgan fingerprint density at radius 1 is 1.39 bits per heavy atom. The van der Waals surface area contributed by atoms with Crippen molar-refractivity contribution in [3.63, 3.8) is 0 Å². The molecule has 1 rings (SSSR count). The summed E-state index contributed by atoms with van der Waals surface area (Å²) in [6.07, 6.45) is 1.75. The number of amides is 2. The zero-order valence-electron chi connectivity index (χ0n) is 11.4. The first-order chi connectivity index (χ1) is 8.43. The minimum atomic E-state index is -0.987. The molecule has 5 heteroatoms. The van der Waals surface area contributed by atoms with Gasteiger partial charge in [-0.25, -0.2) is 4.79 Å². The largest absolute Gasteiger partial charge is 0.550 e. The molecule has 1 saturated heterocycles. The first kappa shape index (κ1) is 14.8. The smallest absolute Gasteiger partial charge is 0.317 e. The molecule has 1 heterocycles. The van der Waals surface area contributed by atoms with Gasteiger partial charge in [0, 0.05) is 25.1 Å². The Labute approximate surface area is 109 Å². The van der Waals surface area contributed by atoms with E-state index < -0.39 is 5.97 Å². The van der Waals surface area contributed by atoms with Crippen molar-refractivity contribution in [3.8, 4) is 0 Å². The number of rotatable bonds is 4. The van der Waals surface area contributed by atoms with Crippen molar-refractivity contribution in [1.29, 1.82) is 0 Å². The minimum Gasteiger partial charge on any atom is -0.550 e. The van der Waals surface area contributed by atoms with Crippen molar-refractivity contribution >= 4 is 12.0 Å². The van der Waals surface area contributed by atoms with Gasteiger partial charge in [-0.05, 0) is 38.5 Å². The standard InChI is InChI=1S/C13H24N2O3/c1-4-10-8-15(13(18)14-9(2)3)6-5-11(10)7-12(16)17/h9-11H,4-8H2,1-3H3,(H,14,18)(H,16,17)/p-1/t10-,11-/m0/s1. The third-order valence-corrected chi connectivity index (χ3v) is 3.54. The van der Waals surface area contributed by atoms with E-state index in [9.17, 15) is 14.7 Å². The Morgan fingerprint density at radius 2 is 2.06 bits per heavy atom. The third-order valence-electron chi connectivity index (χ3n) is 3.54. The summed E-state index contributed by atoms with van der Waals surface area (Å²) in [5.41, 5.74) is 0. The Kier molecular flexibility index (Phi) is 5.44.